The lowest BCUT2D eigenvalue weighted by atomic mass is 10.1. The van der Waals surface area contributed by atoms with Crippen molar-refractivity contribution >= 4 is 11.8 Å². The Morgan fingerprint density at radius 1 is 1.32 bits per heavy atom. The summed E-state index contributed by atoms with van der Waals surface area (Å²) in [5, 5.41) is 3.52. The first-order chi connectivity index (χ1) is 8.94. The zero-order valence-corrected chi connectivity index (χ0v) is 13.4. The molecule has 1 aromatic heterocycles. The maximum absolute atomic E-state index is 5.89. The fraction of sp³-hybridized carbons (Fsp3) is 0.733. The van der Waals surface area contributed by atoms with E-state index in [1.165, 1.54) is 30.2 Å². The third-order valence-electron chi connectivity index (χ3n) is 3.36. The minimum Gasteiger partial charge on any atom is -0.465 e. The van der Waals surface area contributed by atoms with Crippen molar-refractivity contribution in [2.24, 2.45) is 0 Å². The van der Waals surface area contributed by atoms with E-state index in [1.54, 1.807) is 0 Å². The van der Waals surface area contributed by atoms with E-state index in [0.717, 1.165) is 24.6 Å². The van der Waals surface area contributed by atoms with Crippen LogP contribution >= 0.6 is 11.8 Å². The number of hydrogen-bond donors (Lipinski definition) is 1. The van der Waals surface area contributed by atoms with E-state index in [0.29, 0.717) is 0 Å². The summed E-state index contributed by atoms with van der Waals surface area (Å²) in [6, 6.07) is 2.22. The SMILES string of the molecule is Cc1oc(CN2CCSCC2)cc1CNC(C)(C)C. The molecule has 2 rings (SSSR count). The molecule has 108 valence electrons. The van der Waals surface area contributed by atoms with E-state index < -0.39 is 0 Å². The average Bonchev–Trinajstić information content (AvgIpc) is 2.67. The number of hydrogen-bond acceptors (Lipinski definition) is 4. The minimum absolute atomic E-state index is 0.147. The van der Waals surface area contributed by atoms with Gasteiger partial charge in [0, 0.05) is 42.2 Å². The Kier molecular flexibility index (Phi) is 4.98. The van der Waals surface area contributed by atoms with Gasteiger partial charge in [-0.05, 0) is 33.8 Å². The molecule has 1 aliphatic heterocycles. The number of thioether (sulfide) groups is 1. The Bertz CT molecular complexity index is 403. The zero-order valence-electron chi connectivity index (χ0n) is 12.6. The van der Waals surface area contributed by atoms with Gasteiger partial charge in [0.05, 0.1) is 6.54 Å². The van der Waals surface area contributed by atoms with Gasteiger partial charge in [-0.25, -0.2) is 0 Å². The van der Waals surface area contributed by atoms with Crippen LogP contribution in [0.4, 0.5) is 0 Å². The van der Waals surface area contributed by atoms with Gasteiger partial charge in [0.1, 0.15) is 11.5 Å². The van der Waals surface area contributed by atoms with Crippen molar-refractivity contribution in [1.29, 1.82) is 0 Å². The highest BCUT2D eigenvalue weighted by molar-refractivity contribution is 7.99. The molecule has 0 spiro atoms. The molecule has 3 nitrogen and oxygen atoms in total. The first-order valence-electron chi connectivity index (χ1n) is 7.07. The third kappa shape index (κ3) is 4.86. The molecule has 1 fully saturated rings. The summed E-state index contributed by atoms with van der Waals surface area (Å²) in [5.41, 5.74) is 1.44. The van der Waals surface area contributed by atoms with Crippen molar-refractivity contribution in [3.63, 3.8) is 0 Å². The fourth-order valence-electron chi connectivity index (χ4n) is 2.18. The monoisotopic (exact) mass is 282 g/mol. The smallest absolute Gasteiger partial charge is 0.118 e. The van der Waals surface area contributed by atoms with Gasteiger partial charge in [-0.15, -0.1) is 0 Å². The highest BCUT2D eigenvalue weighted by atomic mass is 32.2. The van der Waals surface area contributed by atoms with Gasteiger partial charge in [-0.2, -0.15) is 11.8 Å². The van der Waals surface area contributed by atoms with Gasteiger partial charge in [-0.1, -0.05) is 0 Å². The first-order valence-corrected chi connectivity index (χ1v) is 8.23. The molecule has 1 N–H and O–H groups in total. The summed E-state index contributed by atoms with van der Waals surface area (Å²) in [4.78, 5) is 2.48. The van der Waals surface area contributed by atoms with E-state index in [1.807, 2.05) is 11.8 Å². The van der Waals surface area contributed by atoms with Crippen molar-refractivity contribution in [2.75, 3.05) is 24.6 Å². The molecule has 2 heterocycles. The number of nitrogens with one attached hydrogen (secondary N) is 1. The molecule has 0 aliphatic carbocycles. The molecule has 1 aliphatic rings. The molecule has 0 unspecified atom stereocenters. The normalized spacial score (nSPS) is 17.9. The molecule has 1 aromatic rings. The van der Waals surface area contributed by atoms with Crippen LogP contribution in [-0.4, -0.2) is 35.0 Å². The molecule has 0 aromatic carbocycles. The first kappa shape index (κ1) is 14.9. The van der Waals surface area contributed by atoms with Crippen molar-refractivity contribution in [3.8, 4) is 0 Å². The standard InChI is InChI=1S/C15H26N2OS/c1-12-13(10-16-15(2,3)4)9-14(18-12)11-17-5-7-19-8-6-17/h9,16H,5-8,10-11H2,1-4H3. The van der Waals surface area contributed by atoms with E-state index in [4.69, 9.17) is 4.42 Å². The van der Waals surface area contributed by atoms with Crippen LogP contribution < -0.4 is 5.32 Å². The molecular weight excluding hydrogens is 256 g/mol. The van der Waals surface area contributed by atoms with Crippen LogP contribution in [0.15, 0.2) is 10.5 Å². The summed E-state index contributed by atoms with van der Waals surface area (Å²) in [6.07, 6.45) is 0. The number of aryl methyl sites for hydroxylation is 1. The quantitative estimate of drug-likeness (QED) is 0.919. The lowest BCUT2D eigenvalue weighted by Gasteiger charge is -2.24. The third-order valence-corrected chi connectivity index (χ3v) is 4.31. The summed E-state index contributed by atoms with van der Waals surface area (Å²) in [6.45, 7) is 12.8. The summed E-state index contributed by atoms with van der Waals surface area (Å²) in [7, 11) is 0. The Morgan fingerprint density at radius 2 is 2.00 bits per heavy atom. The van der Waals surface area contributed by atoms with Crippen LogP contribution in [0.25, 0.3) is 0 Å². The van der Waals surface area contributed by atoms with Crippen LogP contribution in [0.3, 0.4) is 0 Å². The Hall–Kier alpha value is -0.450. The van der Waals surface area contributed by atoms with Crippen LogP contribution in [-0.2, 0) is 13.1 Å². The van der Waals surface area contributed by atoms with Crippen LogP contribution in [0.5, 0.6) is 0 Å². The van der Waals surface area contributed by atoms with Gasteiger partial charge in [0.25, 0.3) is 0 Å². The minimum atomic E-state index is 0.147. The second-order valence-electron chi connectivity index (χ2n) is 6.29. The van der Waals surface area contributed by atoms with Crippen LogP contribution in [0, 0.1) is 6.92 Å². The molecule has 1 saturated heterocycles. The van der Waals surface area contributed by atoms with Crippen molar-refractivity contribution in [3.05, 3.63) is 23.2 Å². The van der Waals surface area contributed by atoms with E-state index in [-0.39, 0.29) is 5.54 Å². The number of nitrogens with zero attached hydrogens (tertiary/aromatic N) is 1. The van der Waals surface area contributed by atoms with Crippen molar-refractivity contribution in [2.45, 2.75) is 46.3 Å². The van der Waals surface area contributed by atoms with Gasteiger partial charge in [0.2, 0.25) is 0 Å². The maximum atomic E-state index is 5.89. The second-order valence-corrected chi connectivity index (χ2v) is 7.51. The summed E-state index contributed by atoms with van der Waals surface area (Å²) >= 11 is 2.05. The van der Waals surface area contributed by atoms with Crippen molar-refractivity contribution in [1.82, 2.24) is 10.2 Å². The van der Waals surface area contributed by atoms with Gasteiger partial charge in [-0.3, -0.25) is 4.90 Å². The predicted molar refractivity (Wildman–Crippen MR) is 82.6 cm³/mol. The van der Waals surface area contributed by atoms with E-state index in [2.05, 4.69) is 44.0 Å². The lowest BCUT2D eigenvalue weighted by molar-refractivity contribution is 0.266. The average molecular weight is 282 g/mol. The van der Waals surface area contributed by atoms with Crippen LogP contribution in [0.1, 0.15) is 37.9 Å². The topological polar surface area (TPSA) is 28.4 Å². The second kappa shape index (κ2) is 6.33. The predicted octanol–water partition coefficient (Wildman–Crippen LogP) is 3.02. The largest absolute Gasteiger partial charge is 0.465 e. The highest BCUT2D eigenvalue weighted by Crippen LogP contribution is 2.19. The van der Waals surface area contributed by atoms with Gasteiger partial charge in [0.15, 0.2) is 0 Å². The Labute approximate surface area is 121 Å². The molecule has 0 amide bonds. The molecule has 0 bridgehead atoms. The maximum Gasteiger partial charge on any atom is 0.118 e. The molecule has 0 atom stereocenters. The molecule has 0 saturated carbocycles. The zero-order chi connectivity index (χ0) is 13.9. The summed E-state index contributed by atoms with van der Waals surface area (Å²) < 4.78 is 5.89. The molecule has 19 heavy (non-hydrogen) atoms. The van der Waals surface area contributed by atoms with Crippen molar-refractivity contribution < 1.29 is 4.42 Å². The fourth-order valence-corrected chi connectivity index (χ4v) is 3.16. The lowest BCUT2D eigenvalue weighted by Crippen LogP contribution is -2.35. The molecular formula is C15H26N2OS. The number of furan rings is 1. The van der Waals surface area contributed by atoms with Gasteiger partial charge < -0.3 is 9.73 Å². The van der Waals surface area contributed by atoms with Gasteiger partial charge >= 0.3 is 0 Å². The Morgan fingerprint density at radius 3 is 2.63 bits per heavy atom. The van der Waals surface area contributed by atoms with Crippen LogP contribution in [0.2, 0.25) is 0 Å². The van der Waals surface area contributed by atoms with E-state index >= 15 is 0 Å². The van der Waals surface area contributed by atoms with E-state index in [9.17, 15) is 0 Å². The molecule has 4 heteroatoms. The molecule has 0 radical (unpaired) electrons. The Balaban J connectivity index is 1.92. The number of rotatable bonds is 4. The highest BCUT2D eigenvalue weighted by Gasteiger charge is 2.15. The summed E-state index contributed by atoms with van der Waals surface area (Å²) in [5.74, 6) is 4.66.